The average molecular weight is 459 g/mol. The number of carbonyl (C=O) groups is 3. The molecule has 0 aromatic heterocycles. The Morgan fingerprint density at radius 3 is 2.27 bits per heavy atom. The first-order valence-corrected chi connectivity index (χ1v) is 10.9. The van der Waals surface area contributed by atoms with Gasteiger partial charge in [-0.3, -0.25) is 14.9 Å². The van der Waals surface area contributed by atoms with Crippen molar-refractivity contribution in [2.75, 3.05) is 4.90 Å². The Morgan fingerprint density at radius 1 is 0.879 bits per heavy atom. The maximum Gasteiger partial charge on any atom is 0.335 e. The van der Waals surface area contributed by atoms with Gasteiger partial charge in [0.15, 0.2) is 0 Å². The number of anilines is 1. The van der Waals surface area contributed by atoms with Gasteiger partial charge < -0.3 is 0 Å². The van der Waals surface area contributed by atoms with Crippen LogP contribution in [0.4, 0.5) is 10.5 Å². The highest BCUT2D eigenvalue weighted by Gasteiger charge is 2.36. The van der Waals surface area contributed by atoms with Crippen LogP contribution in [0.2, 0.25) is 5.02 Å². The largest absolute Gasteiger partial charge is 0.335 e. The van der Waals surface area contributed by atoms with Gasteiger partial charge in [-0.05, 0) is 73.7 Å². The molecule has 1 saturated heterocycles. The van der Waals surface area contributed by atoms with Gasteiger partial charge in [-0.1, -0.05) is 65.2 Å². The normalized spacial score (nSPS) is 15.2. The van der Waals surface area contributed by atoms with Crippen LogP contribution in [0, 0.1) is 20.8 Å². The summed E-state index contributed by atoms with van der Waals surface area (Å²) in [6, 6.07) is 18.0. The first-order valence-electron chi connectivity index (χ1n) is 10.5. The first-order chi connectivity index (χ1) is 15.7. The van der Waals surface area contributed by atoms with Crippen LogP contribution in [-0.4, -0.2) is 17.8 Å². The smallest absolute Gasteiger partial charge is 0.273 e. The van der Waals surface area contributed by atoms with Gasteiger partial charge in [0.1, 0.15) is 5.57 Å². The van der Waals surface area contributed by atoms with E-state index in [1.807, 2.05) is 25.1 Å². The van der Waals surface area contributed by atoms with Crippen LogP contribution in [-0.2, 0) is 16.0 Å². The van der Waals surface area contributed by atoms with Gasteiger partial charge >= 0.3 is 6.03 Å². The fourth-order valence-electron chi connectivity index (χ4n) is 4.01. The van der Waals surface area contributed by atoms with Crippen molar-refractivity contribution in [1.29, 1.82) is 0 Å². The Bertz CT molecular complexity index is 1310. The van der Waals surface area contributed by atoms with E-state index in [1.165, 1.54) is 17.2 Å². The van der Waals surface area contributed by atoms with Crippen molar-refractivity contribution in [3.8, 4) is 0 Å². The van der Waals surface area contributed by atoms with E-state index in [9.17, 15) is 14.4 Å². The molecular formula is C27H23ClN2O3. The van der Waals surface area contributed by atoms with Crippen molar-refractivity contribution in [3.63, 3.8) is 0 Å². The fourth-order valence-corrected chi connectivity index (χ4v) is 4.27. The molecule has 1 fully saturated rings. The quantitative estimate of drug-likeness (QED) is 0.413. The Labute approximate surface area is 197 Å². The van der Waals surface area contributed by atoms with Gasteiger partial charge in [-0.15, -0.1) is 0 Å². The van der Waals surface area contributed by atoms with Gasteiger partial charge in [0, 0.05) is 5.02 Å². The number of amides is 4. The summed E-state index contributed by atoms with van der Waals surface area (Å²) in [5.74, 6) is -1.41. The molecule has 4 amide bonds. The average Bonchev–Trinajstić information content (AvgIpc) is 2.72. The second kappa shape index (κ2) is 9.04. The van der Waals surface area contributed by atoms with Gasteiger partial charge in [-0.2, -0.15) is 0 Å². The topological polar surface area (TPSA) is 66.5 Å². The summed E-state index contributed by atoms with van der Waals surface area (Å²) < 4.78 is 0. The standard InChI is InChI=1S/C27H23ClN2O3/c1-16-5-4-6-22(12-16)30-26(32)23(25(31)29-27(30)33)14-19-7-8-21(24(28)15-19)13-20-10-17(2)9-18(3)11-20/h4-12,14-15H,13H2,1-3H3,(H,29,31,33)/b23-14+. The predicted octanol–water partition coefficient (Wildman–Crippen LogP) is 5.52. The Balaban J connectivity index is 1.63. The van der Waals surface area contributed by atoms with E-state index in [-0.39, 0.29) is 5.57 Å². The van der Waals surface area contributed by atoms with Crippen molar-refractivity contribution < 1.29 is 14.4 Å². The fraction of sp³-hybridized carbons (Fsp3) is 0.148. The molecule has 5 nitrogen and oxygen atoms in total. The number of hydrogen-bond acceptors (Lipinski definition) is 3. The van der Waals surface area contributed by atoms with Crippen LogP contribution in [0.1, 0.15) is 33.4 Å². The second-order valence-electron chi connectivity index (χ2n) is 8.32. The molecule has 4 rings (SSSR count). The molecule has 1 aliphatic rings. The summed E-state index contributed by atoms with van der Waals surface area (Å²) in [6.07, 6.45) is 2.13. The summed E-state index contributed by atoms with van der Waals surface area (Å²) in [5, 5.41) is 2.78. The van der Waals surface area contributed by atoms with E-state index in [4.69, 9.17) is 11.6 Å². The third kappa shape index (κ3) is 4.89. The van der Waals surface area contributed by atoms with Gasteiger partial charge in [-0.25, -0.2) is 9.69 Å². The van der Waals surface area contributed by atoms with E-state index in [0.29, 0.717) is 22.7 Å². The number of carbonyl (C=O) groups excluding carboxylic acids is 3. The van der Waals surface area contributed by atoms with Crippen molar-refractivity contribution in [2.24, 2.45) is 0 Å². The number of barbiturate groups is 1. The minimum atomic E-state index is -0.769. The monoisotopic (exact) mass is 458 g/mol. The van der Waals surface area contributed by atoms with Crippen LogP contribution in [0.25, 0.3) is 6.08 Å². The summed E-state index contributed by atoms with van der Waals surface area (Å²) in [5.41, 5.74) is 6.25. The van der Waals surface area contributed by atoms with E-state index < -0.39 is 17.8 Å². The van der Waals surface area contributed by atoms with Crippen molar-refractivity contribution >= 4 is 41.2 Å². The van der Waals surface area contributed by atoms with E-state index >= 15 is 0 Å². The molecule has 0 bridgehead atoms. The van der Waals surface area contributed by atoms with Gasteiger partial charge in [0.25, 0.3) is 11.8 Å². The first kappa shape index (κ1) is 22.5. The number of nitrogens with zero attached hydrogens (tertiary/aromatic N) is 1. The second-order valence-corrected chi connectivity index (χ2v) is 8.73. The van der Waals surface area contributed by atoms with Crippen LogP contribution in [0.15, 0.2) is 66.2 Å². The van der Waals surface area contributed by atoms with E-state index in [1.54, 1.807) is 24.3 Å². The minimum absolute atomic E-state index is 0.130. The zero-order valence-corrected chi connectivity index (χ0v) is 19.4. The molecule has 0 aliphatic carbocycles. The van der Waals surface area contributed by atoms with E-state index in [2.05, 4.69) is 37.4 Å². The highest BCUT2D eigenvalue weighted by molar-refractivity contribution is 6.39. The molecule has 1 N–H and O–H groups in total. The molecule has 0 radical (unpaired) electrons. The number of urea groups is 1. The number of aryl methyl sites for hydroxylation is 3. The number of nitrogens with one attached hydrogen (secondary N) is 1. The molecule has 3 aromatic rings. The molecule has 1 heterocycles. The number of halogens is 1. The highest BCUT2D eigenvalue weighted by atomic mass is 35.5. The van der Waals surface area contributed by atoms with Gasteiger partial charge in [0.05, 0.1) is 5.69 Å². The molecule has 0 atom stereocenters. The molecule has 1 aliphatic heterocycles. The number of hydrogen-bond donors (Lipinski definition) is 1. The van der Waals surface area contributed by atoms with Crippen LogP contribution in [0.3, 0.4) is 0 Å². The lowest BCUT2D eigenvalue weighted by Crippen LogP contribution is -2.54. The predicted molar refractivity (Wildman–Crippen MR) is 130 cm³/mol. The molecule has 6 heteroatoms. The molecule has 0 saturated carbocycles. The van der Waals surface area contributed by atoms with Crippen LogP contribution >= 0.6 is 11.6 Å². The minimum Gasteiger partial charge on any atom is -0.273 e. The Morgan fingerprint density at radius 2 is 1.61 bits per heavy atom. The number of rotatable bonds is 4. The third-order valence-electron chi connectivity index (χ3n) is 5.43. The molecule has 3 aromatic carbocycles. The molecular weight excluding hydrogens is 436 g/mol. The lowest BCUT2D eigenvalue weighted by atomic mass is 9.99. The van der Waals surface area contributed by atoms with Crippen molar-refractivity contribution in [2.45, 2.75) is 27.2 Å². The van der Waals surface area contributed by atoms with Crippen LogP contribution in [0.5, 0.6) is 0 Å². The van der Waals surface area contributed by atoms with Crippen molar-refractivity contribution in [3.05, 3.63) is 105 Å². The SMILES string of the molecule is Cc1cc(C)cc(Cc2ccc(/C=C3\C(=O)NC(=O)N(c4cccc(C)c4)C3=O)cc2Cl)c1. The molecule has 0 unspecified atom stereocenters. The summed E-state index contributed by atoms with van der Waals surface area (Å²) in [6.45, 7) is 5.98. The van der Waals surface area contributed by atoms with Crippen LogP contribution < -0.4 is 10.2 Å². The Kier molecular flexibility index (Phi) is 6.16. The lowest BCUT2D eigenvalue weighted by Gasteiger charge is -2.26. The summed E-state index contributed by atoms with van der Waals surface area (Å²) in [4.78, 5) is 38.8. The molecule has 33 heavy (non-hydrogen) atoms. The third-order valence-corrected chi connectivity index (χ3v) is 5.78. The molecule has 166 valence electrons. The maximum atomic E-state index is 13.1. The zero-order chi connectivity index (χ0) is 23.7. The highest BCUT2D eigenvalue weighted by Crippen LogP contribution is 2.26. The summed E-state index contributed by atoms with van der Waals surface area (Å²) >= 11 is 6.54. The lowest BCUT2D eigenvalue weighted by molar-refractivity contribution is -0.122. The van der Waals surface area contributed by atoms with E-state index in [0.717, 1.165) is 21.6 Å². The number of imide groups is 2. The summed E-state index contributed by atoms with van der Waals surface area (Å²) in [7, 11) is 0. The van der Waals surface area contributed by atoms with Gasteiger partial charge in [0.2, 0.25) is 0 Å². The van der Waals surface area contributed by atoms with Crippen molar-refractivity contribution in [1.82, 2.24) is 5.32 Å². The maximum absolute atomic E-state index is 13.1. The Hall–Kier alpha value is -3.70. The zero-order valence-electron chi connectivity index (χ0n) is 18.6. The molecule has 0 spiro atoms. The number of benzene rings is 3.